The highest BCUT2D eigenvalue weighted by atomic mass is 79.9. The molecule has 0 bridgehead atoms. The van der Waals surface area contributed by atoms with E-state index in [1.54, 1.807) is 0 Å². The van der Waals surface area contributed by atoms with Gasteiger partial charge in [-0.05, 0) is 12.2 Å². The first-order chi connectivity index (χ1) is 2.41. The van der Waals surface area contributed by atoms with E-state index < -0.39 is 0 Å². The summed E-state index contributed by atoms with van der Waals surface area (Å²) in [5.41, 5.74) is 0.566. The molecule has 0 rings (SSSR count). The highest BCUT2D eigenvalue weighted by molar-refractivity contribution is 9.09. The molecule has 5 heavy (non-hydrogen) atoms. The van der Waals surface area contributed by atoms with Crippen molar-refractivity contribution in [3.63, 3.8) is 0 Å². The summed E-state index contributed by atoms with van der Waals surface area (Å²) in [6, 6.07) is 0. The Bertz CT molecular complexity index is 56.7. The van der Waals surface area contributed by atoms with E-state index in [-0.39, 0.29) is 0 Å². The van der Waals surface area contributed by atoms with Gasteiger partial charge in [0.15, 0.2) is 0 Å². The Kier molecular flexibility index (Phi) is 4.52. The van der Waals surface area contributed by atoms with Crippen LogP contribution in [0.2, 0.25) is 0 Å². The second-order valence-electron chi connectivity index (χ2n) is 0.369. The molecule has 0 saturated carbocycles. The molecule has 0 N–H and O–H groups in total. The first kappa shape index (κ1) is 5.28. The Hall–Kier alpha value is 0.280. The van der Waals surface area contributed by atoms with Crippen LogP contribution < -0.4 is 0 Å². The lowest BCUT2D eigenvalue weighted by atomic mass is 11.4. The summed E-state index contributed by atoms with van der Waals surface area (Å²) in [5, 5.41) is 2.18. The van der Waals surface area contributed by atoms with E-state index in [1.165, 1.54) is 0 Å². The van der Waals surface area contributed by atoms with Gasteiger partial charge in [-0.25, -0.2) is 4.99 Å². The van der Waals surface area contributed by atoms with Crippen molar-refractivity contribution in [2.75, 3.05) is 5.45 Å². The van der Waals surface area contributed by atoms with Gasteiger partial charge in [-0.1, -0.05) is 15.9 Å². The maximum absolute atomic E-state index is 4.20. The van der Waals surface area contributed by atoms with Gasteiger partial charge in [0.2, 0.25) is 0 Å². The molecular formula is C2H2BrNS. The van der Waals surface area contributed by atoms with Crippen LogP contribution in [0, 0.1) is 0 Å². The monoisotopic (exact) mass is 151 g/mol. The molecule has 0 fully saturated rings. The Labute approximate surface area is 44.2 Å². The van der Waals surface area contributed by atoms with Gasteiger partial charge >= 0.3 is 0 Å². The second kappa shape index (κ2) is 4.28. The second-order valence-corrected chi connectivity index (χ2v) is 1.05. The maximum atomic E-state index is 4.20. The lowest BCUT2D eigenvalue weighted by Gasteiger charge is -1.58. The standard InChI is InChI=1S/C2H2BrNS/c3-1-4-2-5/h1H2. The Morgan fingerprint density at radius 1 is 2.00 bits per heavy atom. The number of halogens is 1. The van der Waals surface area contributed by atoms with Gasteiger partial charge in [0.05, 0.1) is 5.16 Å². The summed E-state index contributed by atoms with van der Waals surface area (Å²) in [5.74, 6) is 0. The normalized spacial score (nSPS) is 5.80. The van der Waals surface area contributed by atoms with Crippen LogP contribution in [0.1, 0.15) is 0 Å². The fraction of sp³-hybridized carbons (Fsp3) is 0.500. The summed E-state index contributed by atoms with van der Waals surface area (Å²) in [6.45, 7) is 0. The number of hydrogen-bond acceptors (Lipinski definition) is 2. The summed E-state index contributed by atoms with van der Waals surface area (Å²) in [6.07, 6.45) is 0. The van der Waals surface area contributed by atoms with Crippen LogP contribution in [0.25, 0.3) is 0 Å². The molecule has 0 radical (unpaired) electrons. The molecule has 3 heteroatoms. The molecule has 0 saturated heterocycles. The number of hydrogen-bond donors (Lipinski definition) is 0. The lowest BCUT2D eigenvalue weighted by molar-refractivity contribution is 1.44. The van der Waals surface area contributed by atoms with Crippen LogP contribution >= 0.6 is 28.1 Å². The van der Waals surface area contributed by atoms with Gasteiger partial charge < -0.3 is 0 Å². The first-order valence-electron chi connectivity index (χ1n) is 1.01. The smallest absolute Gasteiger partial charge is 0.104 e. The van der Waals surface area contributed by atoms with Gasteiger partial charge in [0, 0.05) is 0 Å². The third kappa shape index (κ3) is 4.28. The van der Waals surface area contributed by atoms with E-state index in [1.807, 2.05) is 0 Å². The first-order valence-corrected chi connectivity index (χ1v) is 2.54. The fourth-order valence-electron chi connectivity index (χ4n) is 0.0244. The molecule has 0 aliphatic carbocycles. The topological polar surface area (TPSA) is 12.4 Å². The molecule has 0 unspecified atom stereocenters. The molecule has 0 spiro atoms. The molecule has 0 aromatic heterocycles. The molecule has 0 heterocycles. The Morgan fingerprint density at radius 3 is 2.60 bits per heavy atom. The minimum absolute atomic E-state index is 0.566. The number of aliphatic imine (C=N–C) groups is 1. The van der Waals surface area contributed by atoms with Crippen LogP contribution in [-0.2, 0) is 0 Å². The molecule has 0 aromatic carbocycles. The van der Waals surface area contributed by atoms with E-state index in [0.717, 1.165) is 0 Å². The zero-order valence-corrected chi connectivity index (χ0v) is 4.84. The van der Waals surface area contributed by atoms with Gasteiger partial charge in [-0.2, -0.15) is 0 Å². The summed E-state index contributed by atoms with van der Waals surface area (Å²) in [7, 11) is 0. The van der Waals surface area contributed by atoms with Gasteiger partial charge in [0.1, 0.15) is 5.45 Å². The molecule has 0 aromatic rings. The molecule has 1 nitrogen and oxygen atoms in total. The average Bonchev–Trinajstić information content (AvgIpc) is 1.41. The minimum atomic E-state index is 0.566. The predicted molar refractivity (Wildman–Crippen MR) is 28.8 cm³/mol. The van der Waals surface area contributed by atoms with E-state index in [0.29, 0.717) is 5.45 Å². The molecule has 0 amide bonds. The predicted octanol–water partition coefficient (Wildman–Crippen LogP) is 1.44. The molecule has 28 valence electrons. The van der Waals surface area contributed by atoms with Crippen LogP contribution in [0.4, 0.5) is 0 Å². The largest absolute Gasteiger partial charge is 0.221 e. The van der Waals surface area contributed by atoms with Gasteiger partial charge in [-0.3, -0.25) is 0 Å². The van der Waals surface area contributed by atoms with Crippen molar-refractivity contribution < 1.29 is 0 Å². The van der Waals surface area contributed by atoms with Crippen LogP contribution in [0.5, 0.6) is 0 Å². The van der Waals surface area contributed by atoms with Crippen molar-refractivity contribution in [2.24, 2.45) is 4.99 Å². The number of alkyl halides is 1. The van der Waals surface area contributed by atoms with Gasteiger partial charge in [-0.15, -0.1) is 0 Å². The van der Waals surface area contributed by atoms with E-state index >= 15 is 0 Å². The number of isothiocyanates is 1. The summed E-state index contributed by atoms with van der Waals surface area (Å²) < 4.78 is 0. The molecule has 0 atom stereocenters. The number of thiocarbonyl (C=S) groups is 1. The molecule has 0 aliphatic heterocycles. The Balaban J connectivity index is 2.93. The summed E-state index contributed by atoms with van der Waals surface area (Å²) >= 11 is 7.22. The molecule has 0 aliphatic rings. The van der Waals surface area contributed by atoms with Crippen molar-refractivity contribution in [1.82, 2.24) is 0 Å². The van der Waals surface area contributed by atoms with Gasteiger partial charge in [0.25, 0.3) is 0 Å². The van der Waals surface area contributed by atoms with E-state index in [9.17, 15) is 0 Å². The van der Waals surface area contributed by atoms with Crippen LogP contribution in [-0.4, -0.2) is 10.6 Å². The quantitative estimate of drug-likeness (QED) is 0.239. The minimum Gasteiger partial charge on any atom is -0.221 e. The zero-order valence-electron chi connectivity index (χ0n) is 2.44. The zero-order chi connectivity index (χ0) is 4.12. The molecular weight excluding hydrogens is 150 g/mol. The fourth-order valence-corrected chi connectivity index (χ4v) is 0.380. The van der Waals surface area contributed by atoms with Crippen molar-refractivity contribution in [3.05, 3.63) is 0 Å². The van der Waals surface area contributed by atoms with Crippen molar-refractivity contribution in [2.45, 2.75) is 0 Å². The highest BCUT2D eigenvalue weighted by Crippen LogP contribution is 1.74. The third-order valence-corrected chi connectivity index (χ3v) is 0.504. The average molecular weight is 152 g/mol. The van der Waals surface area contributed by atoms with Crippen molar-refractivity contribution in [3.8, 4) is 0 Å². The third-order valence-electron chi connectivity index (χ3n) is 0.124. The van der Waals surface area contributed by atoms with E-state index in [2.05, 4.69) is 38.3 Å². The number of rotatable bonds is 1. The van der Waals surface area contributed by atoms with E-state index in [4.69, 9.17) is 0 Å². The Morgan fingerprint density at radius 2 is 2.60 bits per heavy atom. The number of nitrogens with zero attached hydrogens (tertiary/aromatic N) is 1. The lowest BCUT2D eigenvalue weighted by Crippen LogP contribution is -1.49. The highest BCUT2D eigenvalue weighted by Gasteiger charge is 1.51. The van der Waals surface area contributed by atoms with Crippen LogP contribution in [0.3, 0.4) is 0 Å². The SMILES string of the molecule is S=C=NCBr. The van der Waals surface area contributed by atoms with Crippen LogP contribution in [0.15, 0.2) is 4.99 Å². The van der Waals surface area contributed by atoms with Crippen molar-refractivity contribution in [1.29, 1.82) is 0 Å². The summed E-state index contributed by atoms with van der Waals surface area (Å²) in [4.78, 5) is 3.45. The van der Waals surface area contributed by atoms with Crippen molar-refractivity contribution >= 4 is 33.3 Å². The maximum Gasteiger partial charge on any atom is 0.104 e.